The Labute approximate surface area is 172 Å². The topological polar surface area (TPSA) is 64.0 Å². The van der Waals surface area contributed by atoms with Gasteiger partial charge in [-0.3, -0.25) is 14.2 Å². The monoisotopic (exact) mass is 413 g/mol. The zero-order valence-electron chi connectivity index (χ0n) is 15.9. The molecular weight excluding hydrogens is 390 g/mol. The Morgan fingerprint density at radius 3 is 2.79 bits per heavy atom. The molecule has 146 valence electrons. The Kier molecular flexibility index (Phi) is 5.82. The van der Waals surface area contributed by atoms with Crippen LogP contribution in [0, 0.1) is 0 Å². The van der Waals surface area contributed by atoms with Crippen LogP contribution in [0.1, 0.15) is 36.6 Å². The third-order valence-electron chi connectivity index (χ3n) is 4.93. The molecule has 0 saturated heterocycles. The van der Waals surface area contributed by atoms with Gasteiger partial charge in [0.25, 0.3) is 5.56 Å². The fraction of sp³-hybridized carbons (Fsp3) is 0.381. The number of nitrogens with zero attached hydrogens (tertiary/aromatic N) is 2. The third kappa shape index (κ3) is 3.73. The number of aryl methyl sites for hydroxylation is 2. The van der Waals surface area contributed by atoms with Crippen molar-refractivity contribution in [1.82, 2.24) is 14.9 Å². The minimum atomic E-state index is -0.0524. The lowest BCUT2D eigenvalue weighted by molar-refractivity contribution is -0.118. The molecule has 0 spiro atoms. The second kappa shape index (κ2) is 8.49. The molecule has 5 nitrogen and oxygen atoms in total. The summed E-state index contributed by atoms with van der Waals surface area (Å²) in [5.41, 5.74) is 1.96. The summed E-state index contributed by atoms with van der Waals surface area (Å²) in [4.78, 5) is 32.5. The van der Waals surface area contributed by atoms with Gasteiger partial charge in [0.2, 0.25) is 5.91 Å². The smallest absolute Gasteiger partial charge is 0.267 e. The number of thiophene rings is 1. The predicted molar refractivity (Wildman–Crippen MR) is 116 cm³/mol. The summed E-state index contributed by atoms with van der Waals surface area (Å²) < 4.78 is 1.67. The van der Waals surface area contributed by atoms with Crippen molar-refractivity contribution in [2.45, 2.75) is 44.2 Å². The minimum Gasteiger partial charge on any atom is -0.356 e. The zero-order valence-corrected chi connectivity index (χ0v) is 17.5. The molecule has 7 heteroatoms. The van der Waals surface area contributed by atoms with Crippen LogP contribution >= 0.6 is 23.1 Å². The molecule has 1 aromatic carbocycles. The SMILES string of the molecule is CCNC(=O)CSc1nc2sc3c(c2c(=O)n1-c1ccccc1)CCCCC3. The number of carbonyl (C=O) groups is 1. The Balaban J connectivity index is 1.87. The van der Waals surface area contributed by atoms with Crippen LogP contribution < -0.4 is 10.9 Å². The van der Waals surface area contributed by atoms with Crippen molar-refractivity contribution in [3.63, 3.8) is 0 Å². The minimum absolute atomic E-state index is 0.0194. The second-order valence-electron chi connectivity index (χ2n) is 6.86. The first-order chi connectivity index (χ1) is 13.7. The molecule has 2 heterocycles. The third-order valence-corrected chi connectivity index (χ3v) is 7.05. The molecule has 0 fully saturated rings. The van der Waals surface area contributed by atoms with E-state index < -0.39 is 0 Å². The Morgan fingerprint density at radius 2 is 2.00 bits per heavy atom. The average molecular weight is 414 g/mol. The molecule has 0 unspecified atom stereocenters. The molecule has 1 N–H and O–H groups in total. The first kappa shape index (κ1) is 19.2. The van der Waals surface area contributed by atoms with Crippen molar-refractivity contribution >= 4 is 39.2 Å². The number of hydrogen-bond acceptors (Lipinski definition) is 5. The number of carbonyl (C=O) groups excluding carboxylic acids is 1. The molecule has 1 aliphatic rings. The van der Waals surface area contributed by atoms with E-state index in [9.17, 15) is 9.59 Å². The van der Waals surface area contributed by atoms with E-state index in [0.717, 1.165) is 35.2 Å². The van der Waals surface area contributed by atoms with Gasteiger partial charge in [0.05, 0.1) is 16.8 Å². The van der Waals surface area contributed by atoms with Gasteiger partial charge < -0.3 is 5.32 Å². The van der Waals surface area contributed by atoms with Gasteiger partial charge in [-0.2, -0.15) is 0 Å². The number of fused-ring (bicyclic) bond motifs is 3. The van der Waals surface area contributed by atoms with Crippen LogP contribution in [-0.4, -0.2) is 27.8 Å². The molecule has 0 radical (unpaired) electrons. The summed E-state index contributed by atoms with van der Waals surface area (Å²) in [7, 11) is 0. The number of benzene rings is 1. The van der Waals surface area contributed by atoms with E-state index in [1.54, 1.807) is 15.9 Å². The van der Waals surface area contributed by atoms with E-state index in [0.29, 0.717) is 11.7 Å². The van der Waals surface area contributed by atoms with E-state index in [1.165, 1.54) is 35.0 Å². The lowest BCUT2D eigenvalue weighted by Gasteiger charge is -2.12. The fourth-order valence-electron chi connectivity index (χ4n) is 3.64. The lowest BCUT2D eigenvalue weighted by atomic mass is 10.1. The first-order valence-corrected chi connectivity index (χ1v) is 11.5. The van der Waals surface area contributed by atoms with E-state index in [2.05, 4.69) is 5.32 Å². The van der Waals surface area contributed by atoms with Crippen molar-refractivity contribution < 1.29 is 4.79 Å². The van der Waals surface area contributed by atoms with Crippen LogP contribution in [0.2, 0.25) is 0 Å². The number of para-hydroxylation sites is 1. The van der Waals surface area contributed by atoms with Gasteiger partial charge in [0, 0.05) is 11.4 Å². The largest absolute Gasteiger partial charge is 0.356 e. The second-order valence-corrected chi connectivity index (χ2v) is 8.88. The number of amides is 1. The van der Waals surface area contributed by atoms with Gasteiger partial charge in [-0.1, -0.05) is 36.4 Å². The summed E-state index contributed by atoms with van der Waals surface area (Å²) in [5.74, 6) is 0.187. The highest BCUT2D eigenvalue weighted by Crippen LogP contribution is 2.34. The summed E-state index contributed by atoms with van der Waals surface area (Å²) in [6, 6.07) is 9.58. The maximum atomic E-state index is 13.6. The summed E-state index contributed by atoms with van der Waals surface area (Å²) in [5, 5.41) is 4.15. The van der Waals surface area contributed by atoms with Gasteiger partial charge in [-0.05, 0) is 50.3 Å². The van der Waals surface area contributed by atoms with Crippen molar-refractivity contribution in [2.24, 2.45) is 0 Å². The molecule has 1 aliphatic carbocycles. The van der Waals surface area contributed by atoms with E-state index in [-0.39, 0.29) is 17.2 Å². The van der Waals surface area contributed by atoms with E-state index in [4.69, 9.17) is 4.98 Å². The Morgan fingerprint density at radius 1 is 1.21 bits per heavy atom. The summed E-state index contributed by atoms with van der Waals surface area (Å²) in [6.45, 7) is 2.49. The number of nitrogens with one attached hydrogen (secondary N) is 1. The molecule has 2 aromatic heterocycles. The highest BCUT2D eigenvalue weighted by atomic mass is 32.2. The van der Waals surface area contributed by atoms with Gasteiger partial charge in [0.1, 0.15) is 4.83 Å². The van der Waals surface area contributed by atoms with Crippen LogP contribution in [0.5, 0.6) is 0 Å². The maximum absolute atomic E-state index is 13.6. The van der Waals surface area contributed by atoms with Crippen molar-refractivity contribution in [2.75, 3.05) is 12.3 Å². The van der Waals surface area contributed by atoms with Gasteiger partial charge in [0.15, 0.2) is 5.16 Å². The fourth-order valence-corrected chi connectivity index (χ4v) is 5.79. The van der Waals surface area contributed by atoms with Crippen molar-refractivity contribution in [1.29, 1.82) is 0 Å². The van der Waals surface area contributed by atoms with Gasteiger partial charge in [-0.15, -0.1) is 11.3 Å². The Hall–Kier alpha value is -2.12. The van der Waals surface area contributed by atoms with Crippen molar-refractivity contribution in [3.8, 4) is 5.69 Å². The van der Waals surface area contributed by atoms with E-state index in [1.807, 2.05) is 37.3 Å². The molecule has 0 atom stereocenters. The normalized spacial score (nSPS) is 13.9. The molecular formula is C21H23N3O2S2. The van der Waals surface area contributed by atoms with Crippen LogP contribution in [0.25, 0.3) is 15.9 Å². The number of aromatic nitrogens is 2. The highest BCUT2D eigenvalue weighted by Gasteiger charge is 2.22. The molecule has 4 rings (SSSR count). The van der Waals surface area contributed by atoms with Crippen LogP contribution in [0.3, 0.4) is 0 Å². The van der Waals surface area contributed by atoms with Crippen LogP contribution in [0.4, 0.5) is 0 Å². The predicted octanol–water partition coefficient (Wildman–Crippen LogP) is 3.94. The van der Waals surface area contributed by atoms with Crippen molar-refractivity contribution in [3.05, 3.63) is 51.1 Å². The number of hydrogen-bond donors (Lipinski definition) is 1. The summed E-state index contributed by atoms with van der Waals surface area (Å²) >= 11 is 2.97. The van der Waals surface area contributed by atoms with Gasteiger partial charge in [-0.25, -0.2) is 4.98 Å². The molecule has 28 heavy (non-hydrogen) atoms. The Bertz CT molecular complexity index is 1060. The van der Waals surface area contributed by atoms with E-state index >= 15 is 0 Å². The maximum Gasteiger partial charge on any atom is 0.267 e. The standard InChI is InChI=1S/C21H23N3O2S2/c1-2-22-17(25)13-27-21-23-19-18(15-11-7-4-8-12-16(15)28-19)20(26)24(21)14-9-5-3-6-10-14/h3,5-6,9-10H,2,4,7-8,11-13H2,1H3,(H,22,25). The van der Waals surface area contributed by atoms with Crippen LogP contribution in [-0.2, 0) is 17.6 Å². The molecule has 0 saturated carbocycles. The first-order valence-electron chi connectivity index (χ1n) is 9.71. The molecule has 3 aromatic rings. The number of rotatable bonds is 5. The highest BCUT2D eigenvalue weighted by molar-refractivity contribution is 7.99. The average Bonchev–Trinajstić information content (AvgIpc) is 2.89. The number of thioether (sulfide) groups is 1. The van der Waals surface area contributed by atoms with Crippen LogP contribution in [0.15, 0.2) is 40.3 Å². The zero-order chi connectivity index (χ0) is 19.5. The molecule has 0 aliphatic heterocycles. The quantitative estimate of drug-likeness (QED) is 0.391. The molecule has 1 amide bonds. The summed E-state index contributed by atoms with van der Waals surface area (Å²) in [6.07, 6.45) is 5.49. The molecule has 0 bridgehead atoms. The lowest BCUT2D eigenvalue weighted by Crippen LogP contribution is -2.26. The van der Waals surface area contributed by atoms with Gasteiger partial charge >= 0.3 is 0 Å².